The maximum atomic E-state index is 10.2. The minimum atomic E-state index is -0.554. The van der Waals surface area contributed by atoms with E-state index in [0.717, 1.165) is 6.20 Å². The molecule has 0 radical (unpaired) electrons. The molecule has 1 heterocycles. The number of rotatable bonds is 1. The number of nitrogen functional groups attached to an aromatic ring is 1. The van der Waals surface area contributed by atoms with Crippen LogP contribution < -0.4 is 5.73 Å². The van der Waals surface area contributed by atoms with Crippen molar-refractivity contribution < 1.29 is 4.92 Å². The average Bonchev–Trinajstić information content (AvgIpc) is 2.07. The van der Waals surface area contributed by atoms with Gasteiger partial charge in [-0.1, -0.05) is 13.8 Å². The molecule has 5 heteroatoms. The van der Waals surface area contributed by atoms with Crippen LogP contribution in [0.3, 0.4) is 0 Å². The van der Waals surface area contributed by atoms with E-state index in [1.165, 1.54) is 6.07 Å². The summed E-state index contributed by atoms with van der Waals surface area (Å²) in [5.41, 5.74) is 6.03. The molecule has 0 spiro atoms. The summed E-state index contributed by atoms with van der Waals surface area (Å²) in [5, 5.41) is 10.2. The lowest BCUT2D eigenvalue weighted by Crippen LogP contribution is -1.97. The Morgan fingerprint density at radius 3 is 2.46 bits per heavy atom. The Morgan fingerprint density at radius 2 is 2.08 bits per heavy atom. The van der Waals surface area contributed by atoms with Gasteiger partial charge in [0.05, 0.1) is 4.92 Å². The first-order chi connectivity index (χ1) is 6.11. The molecule has 0 saturated carbocycles. The Bertz CT molecular complexity index is 299. The molecule has 0 fully saturated rings. The molecule has 0 aliphatic heterocycles. The third-order valence-corrected chi connectivity index (χ3v) is 1.25. The molecular weight excluding hydrogens is 170 g/mol. The molecule has 1 aromatic heterocycles. The lowest BCUT2D eigenvalue weighted by Gasteiger charge is -1.95. The van der Waals surface area contributed by atoms with Gasteiger partial charge in [-0.2, -0.15) is 0 Å². The van der Waals surface area contributed by atoms with Gasteiger partial charge in [0.1, 0.15) is 11.9 Å². The van der Waals surface area contributed by atoms with Gasteiger partial charge < -0.3 is 5.73 Å². The quantitative estimate of drug-likeness (QED) is 0.532. The highest BCUT2D eigenvalue weighted by Crippen LogP contribution is 2.18. The topological polar surface area (TPSA) is 82.0 Å². The predicted octanol–water partition coefficient (Wildman–Crippen LogP) is 1.91. The van der Waals surface area contributed by atoms with Gasteiger partial charge in [-0.3, -0.25) is 15.1 Å². The lowest BCUT2D eigenvalue weighted by atomic mass is 10.3. The molecule has 0 bridgehead atoms. The number of anilines is 1. The molecule has 0 aromatic carbocycles. The van der Waals surface area contributed by atoms with Gasteiger partial charge in [-0.15, -0.1) is 0 Å². The fourth-order valence-corrected chi connectivity index (χ4v) is 0.726. The SMILES string of the molecule is CC.Cc1cc(N)c([N+](=O)[O-])cn1. The van der Waals surface area contributed by atoms with Crippen molar-refractivity contribution >= 4 is 11.4 Å². The summed E-state index contributed by atoms with van der Waals surface area (Å²) in [7, 11) is 0. The van der Waals surface area contributed by atoms with Crippen LogP contribution in [0.15, 0.2) is 12.3 Å². The van der Waals surface area contributed by atoms with E-state index in [1.807, 2.05) is 13.8 Å². The number of nitro groups is 1. The Balaban J connectivity index is 0.000000671. The third-order valence-electron chi connectivity index (χ3n) is 1.25. The van der Waals surface area contributed by atoms with Crippen LogP contribution in [0.5, 0.6) is 0 Å². The van der Waals surface area contributed by atoms with Gasteiger partial charge in [0, 0.05) is 5.69 Å². The van der Waals surface area contributed by atoms with E-state index in [9.17, 15) is 10.1 Å². The maximum absolute atomic E-state index is 10.2. The van der Waals surface area contributed by atoms with Crippen LogP contribution in [0.25, 0.3) is 0 Å². The van der Waals surface area contributed by atoms with Crippen LogP contribution in [0.2, 0.25) is 0 Å². The number of nitrogens with two attached hydrogens (primary N) is 1. The van der Waals surface area contributed by atoms with Gasteiger partial charge in [-0.25, -0.2) is 0 Å². The normalized spacial score (nSPS) is 8.54. The molecule has 2 N–H and O–H groups in total. The van der Waals surface area contributed by atoms with Crippen LogP contribution >= 0.6 is 0 Å². The Hall–Kier alpha value is -1.65. The first kappa shape index (κ1) is 11.4. The third kappa shape index (κ3) is 3.06. The summed E-state index contributed by atoms with van der Waals surface area (Å²) in [4.78, 5) is 13.4. The lowest BCUT2D eigenvalue weighted by molar-refractivity contribution is -0.384. The number of hydrogen-bond acceptors (Lipinski definition) is 4. The van der Waals surface area contributed by atoms with Gasteiger partial charge in [0.25, 0.3) is 0 Å². The molecule has 0 aliphatic rings. The van der Waals surface area contributed by atoms with E-state index >= 15 is 0 Å². The smallest absolute Gasteiger partial charge is 0.310 e. The molecule has 1 rings (SSSR count). The molecule has 0 aliphatic carbocycles. The average molecular weight is 183 g/mol. The highest BCUT2D eigenvalue weighted by molar-refractivity contribution is 5.56. The van der Waals surface area contributed by atoms with E-state index in [2.05, 4.69) is 4.98 Å². The van der Waals surface area contributed by atoms with E-state index in [4.69, 9.17) is 5.73 Å². The van der Waals surface area contributed by atoms with Gasteiger partial charge in [0.15, 0.2) is 0 Å². The molecule has 5 nitrogen and oxygen atoms in total. The van der Waals surface area contributed by atoms with E-state index < -0.39 is 4.92 Å². The predicted molar refractivity (Wildman–Crippen MR) is 51.4 cm³/mol. The zero-order chi connectivity index (χ0) is 10.4. The molecule has 0 saturated heterocycles. The van der Waals surface area contributed by atoms with E-state index in [-0.39, 0.29) is 11.4 Å². The molecule has 0 atom stereocenters. The fraction of sp³-hybridized carbons (Fsp3) is 0.375. The maximum Gasteiger partial charge on any atom is 0.310 e. The number of aryl methyl sites for hydroxylation is 1. The highest BCUT2D eigenvalue weighted by atomic mass is 16.6. The first-order valence-corrected chi connectivity index (χ1v) is 3.98. The van der Waals surface area contributed by atoms with Crippen LogP contribution in [0.1, 0.15) is 19.5 Å². The van der Waals surface area contributed by atoms with E-state index in [0.29, 0.717) is 5.69 Å². The number of aromatic nitrogens is 1. The summed E-state index contributed by atoms with van der Waals surface area (Å²) in [6.07, 6.45) is 1.16. The number of hydrogen-bond donors (Lipinski definition) is 1. The molecule has 13 heavy (non-hydrogen) atoms. The van der Waals surface area contributed by atoms with Crippen molar-refractivity contribution in [1.29, 1.82) is 0 Å². The Labute approximate surface area is 76.7 Å². The minimum absolute atomic E-state index is 0.143. The Morgan fingerprint density at radius 1 is 1.54 bits per heavy atom. The van der Waals surface area contributed by atoms with Crippen molar-refractivity contribution in [3.05, 3.63) is 28.1 Å². The van der Waals surface area contributed by atoms with Crippen LogP contribution in [0, 0.1) is 17.0 Å². The molecule has 1 aromatic rings. The van der Waals surface area contributed by atoms with Crippen molar-refractivity contribution in [2.24, 2.45) is 0 Å². The summed E-state index contributed by atoms with van der Waals surface area (Å²) in [6.45, 7) is 5.72. The largest absolute Gasteiger partial charge is 0.393 e. The van der Waals surface area contributed by atoms with Crippen molar-refractivity contribution in [3.63, 3.8) is 0 Å². The van der Waals surface area contributed by atoms with Crippen LogP contribution in [-0.4, -0.2) is 9.91 Å². The summed E-state index contributed by atoms with van der Waals surface area (Å²) >= 11 is 0. The second-order valence-electron chi connectivity index (χ2n) is 2.14. The molecule has 72 valence electrons. The van der Waals surface area contributed by atoms with Gasteiger partial charge in [-0.05, 0) is 13.0 Å². The fourth-order valence-electron chi connectivity index (χ4n) is 0.726. The highest BCUT2D eigenvalue weighted by Gasteiger charge is 2.10. The first-order valence-electron chi connectivity index (χ1n) is 3.98. The van der Waals surface area contributed by atoms with Gasteiger partial charge >= 0.3 is 5.69 Å². The summed E-state index contributed by atoms with van der Waals surface area (Å²) in [5.74, 6) is 0. The summed E-state index contributed by atoms with van der Waals surface area (Å²) < 4.78 is 0. The van der Waals surface area contributed by atoms with Crippen LogP contribution in [-0.2, 0) is 0 Å². The zero-order valence-corrected chi connectivity index (χ0v) is 7.94. The monoisotopic (exact) mass is 183 g/mol. The number of nitrogens with zero attached hydrogens (tertiary/aromatic N) is 2. The van der Waals surface area contributed by atoms with Gasteiger partial charge in [0.2, 0.25) is 0 Å². The second-order valence-corrected chi connectivity index (χ2v) is 2.14. The molecule has 0 unspecified atom stereocenters. The van der Waals surface area contributed by atoms with Crippen molar-refractivity contribution in [2.45, 2.75) is 20.8 Å². The second kappa shape index (κ2) is 5.08. The van der Waals surface area contributed by atoms with E-state index in [1.54, 1.807) is 6.92 Å². The minimum Gasteiger partial charge on any atom is -0.393 e. The summed E-state index contributed by atoms with van der Waals surface area (Å²) in [6, 6.07) is 1.47. The Kier molecular flexibility index (Phi) is 4.43. The van der Waals surface area contributed by atoms with Crippen molar-refractivity contribution in [1.82, 2.24) is 4.98 Å². The molecular formula is C8H13N3O2. The van der Waals surface area contributed by atoms with Crippen LogP contribution in [0.4, 0.5) is 11.4 Å². The number of pyridine rings is 1. The van der Waals surface area contributed by atoms with Crippen molar-refractivity contribution in [2.75, 3.05) is 5.73 Å². The molecule has 0 amide bonds. The zero-order valence-electron chi connectivity index (χ0n) is 7.94. The standard InChI is InChI=1S/C6H7N3O2.C2H6/c1-4-2-5(7)6(3-8-4)9(10)11;1-2/h2-3H,1H3,(H2,7,8);1-2H3. The van der Waals surface area contributed by atoms with Crippen molar-refractivity contribution in [3.8, 4) is 0 Å².